The van der Waals surface area contributed by atoms with Crippen LogP contribution in [0.15, 0.2) is 34.2 Å². The Kier molecular flexibility index (Phi) is 10.4. The van der Waals surface area contributed by atoms with Crippen molar-refractivity contribution in [1.29, 1.82) is 0 Å². The van der Waals surface area contributed by atoms with Crippen LogP contribution in [-0.2, 0) is 21.3 Å². The van der Waals surface area contributed by atoms with E-state index in [0.717, 1.165) is 37.5 Å². The van der Waals surface area contributed by atoms with Gasteiger partial charge in [-0.3, -0.25) is 0 Å². The Bertz CT molecular complexity index is 651. The Labute approximate surface area is 173 Å². The molecule has 26 heavy (non-hydrogen) atoms. The number of rotatable bonds is 8. The van der Waals surface area contributed by atoms with E-state index in [0.29, 0.717) is 19.7 Å². The summed E-state index contributed by atoms with van der Waals surface area (Å²) in [5.41, 5.74) is 0.950. The minimum absolute atomic E-state index is 0. The summed E-state index contributed by atoms with van der Waals surface area (Å²) < 4.78 is 32.7. The number of guanidine groups is 1. The summed E-state index contributed by atoms with van der Waals surface area (Å²) in [6.45, 7) is 7.12. The number of aliphatic imine (C=N–C) groups is 1. The molecule has 0 spiro atoms. The molecule has 1 atom stereocenters. The van der Waals surface area contributed by atoms with Crippen LogP contribution in [0.2, 0.25) is 0 Å². The van der Waals surface area contributed by atoms with Crippen LogP contribution < -0.4 is 15.4 Å². The highest BCUT2D eigenvalue weighted by Gasteiger charge is 2.20. The third-order valence-electron chi connectivity index (χ3n) is 3.87. The molecule has 0 bridgehead atoms. The summed E-state index contributed by atoms with van der Waals surface area (Å²) in [7, 11) is -3.50. The van der Waals surface area contributed by atoms with Gasteiger partial charge in [0, 0.05) is 26.2 Å². The predicted octanol–water partition coefficient (Wildman–Crippen LogP) is 1.84. The fourth-order valence-corrected chi connectivity index (χ4v) is 3.61. The molecule has 1 aromatic carbocycles. The first-order valence-electron chi connectivity index (χ1n) is 8.77. The van der Waals surface area contributed by atoms with Gasteiger partial charge in [-0.05, 0) is 44.4 Å². The van der Waals surface area contributed by atoms with Gasteiger partial charge < -0.3 is 15.4 Å². The van der Waals surface area contributed by atoms with Crippen molar-refractivity contribution in [3.8, 4) is 0 Å². The molecule has 1 aliphatic heterocycles. The summed E-state index contributed by atoms with van der Waals surface area (Å²) in [5, 5.41) is 6.31. The lowest BCUT2D eigenvalue weighted by Crippen LogP contribution is -2.36. The van der Waals surface area contributed by atoms with Gasteiger partial charge in [0.05, 0.1) is 17.5 Å². The average molecular weight is 496 g/mol. The van der Waals surface area contributed by atoms with Crippen molar-refractivity contribution in [2.24, 2.45) is 4.99 Å². The number of halogens is 1. The molecule has 1 aromatic rings. The summed E-state index contributed by atoms with van der Waals surface area (Å²) in [6.07, 6.45) is 1.88. The van der Waals surface area contributed by atoms with E-state index < -0.39 is 10.0 Å². The topological polar surface area (TPSA) is 91.8 Å². The zero-order valence-electron chi connectivity index (χ0n) is 15.3. The molecular formula is C17H29IN4O3S. The van der Waals surface area contributed by atoms with Crippen molar-refractivity contribution in [3.63, 3.8) is 0 Å². The van der Waals surface area contributed by atoms with Crippen molar-refractivity contribution >= 4 is 40.0 Å². The number of nitrogens with one attached hydrogen (secondary N) is 3. The lowest BCUT2D eigenvalue weighted by atomic mass is 10.2. The molecule has 0 amide bonds. The summed E-state index contributed by atoms with van der Waals surface area (Å²) in [4.78, 5) is 4.73. The van der Waals surface area contributed by atoms with Crippen molar-refractivity contribution in [2.75, 3.05) is 26.2 Å². The van der Waals surface area contributed by atoms with Crippen molar-refractivity contribution in [3.05, 3.63) is 29.8 Å². The second-order valence-corrected chi connectivity index (χ2v) is 7.62. The van der Waals surface area contributed by atoms with Crippen molar-refractivity contribution in [1.82, 2.24) is 15.4 Å². The van der Waals surface area contributed by atoms with Gasteiger partial charge in [-0.15, -0.1) is 24.0 Å². The van der Waals surface area contributed by atoms with Crippen LogP contribution in [0.1, 0.15) is 32.3 Å². The molecule has 2 rings (SSSR count). The zero-order chi connectivity index (χ0) is 18.1. The number of hydrogen-bond acceptors (Lipinski definition) is 4. The molecule has 148 valence electrons. The number of ether oxygens (including phenoxy) is 1. The van der Waals surface area contributed by atoms with Gasteiger partial charge in [0.15, 0.2) is 5.96 Å². The number of hydrogen-bond donors (Lipinski definition) is 3. The third kappa shape index (κ3) is 7.37. The highest BCUT2D eigenvalue weighted by Crippen LogP contribution is 2.14. The van der Waals surface area contributed by atoms with Gasteiger partial charge in [0.25, 0.3) is 0 Å². The van der Waals surface area contributed by atoms with E-state index >= 15 is 0 Å². The molecule has 9 heteroatoms. The van der Waals surface area contributed by atoms with E-state index in [-0.39, 0.29) is 35.0 Å². The zero-order valence-corrected chi connectivity index (χ0v) is 18.5. The molecule has 0 saturated carbocycles. The fraction of sp³-hybridized carbons (Fsp3) is 0.588. The van der Waals surface area contributed by atoms with Crippen LogP contribution in [0.3, 0.4) is 0 Å². The molecule has 0 radical (unpaired) electrons. The molecule has 7 nitrogen and oxygen atoms in total. The highest BCUT2D eigenvalue weighted by atomic mass is 127. The largest absolute Gasteiger partial charge is 0.377 e. The standard InChI is InChI=1S/C17H28N4O3S.HI/c1-3-18-17(19-4-2)20-12-14-7-9-16(10-8-14)25(22,23)21-13-15-6-5-11-24-15;/h7-10,15,21H,3-6,11-13H2,1-2H3,(H2,18,19,20);1H. The van der Waals surface area contributed by atoms with Crippen LogP contribution in [-0.4, -0.2) is 46.7 Å². The fourth-order valence-electron chi connectivity index (χ4n) is 2.54. The molecule has 3 N–H and O–H groups in total. The van der Waals surface area contributed by atoms with Gasteiger partial charge in [0.2, 0.25) is 10.0 Å². The first kappa shape index (κ1) is 23.1. The molecule has 1 heterocycles. The second kappa shape index (κ2) is 11.7. The SMILES string of the molecule is CCNC(=NCc1ccc(S(=O)(=O)NCC2CCCO2)cc1)NCC.I. The van der Waals surface area contributed by atoms with Crippen LogP contribution in [0.5, 0.6) is 0 Å². The van der Waals surface area contributed by atoms with E-state index in [4.69, 9.17) is 4.74 Å². The van der Waals surface area contributed by atoms with Gasteiger partial charge in [-0.2, -0.15) is 0 Å². The monoisotopic (exact) mass is 496 g/mol. The maximum absolute atomic E-state index is 12.3. The normalized spacial score (nSPS) is 16.6. The van der Waals surface area contributed by atoms with Crippen molar-refractivity contribution in [2.45, 2.75) is 44.2 Å². The quantitative estimate of drug-likeness (QED) is 0.290. The molecular weight excluding hydrogens is 467 g/mol. The van der Waals surface area contributed by atoms with Crippen LogP contribution in [0.25, 0.3) is 0 Å². The maximum Gasteiger partial charge on any atom is 0.240 e. The minimum Gasteiger partial charge on any atom is -0.377 e. The number of nitrogens with zero attached hydrogens (tertiary/aromatic N) is 1. The van der Waals surface area contributed by atoms with Crippen molar-refractivity contribution < 1.29 is 13.2 Å². The van der Waals surface area contributed by atoms with Gasteiger partial charge in [-0.1, -0.05) is 12.1 Å². The molecule has 1 saturated heterocycles. The molecule has 0 aliphatic carbocycles. The summed E-state index contributed by atoms with van der Waals surface area (Å²) in [6, 6.07) is 6.81. The Hall–Kier alpha value is -0.910. The second-order valence-electron chi connectivity index (χ2n) is 5.86. The van der Waals surface area contributed by atoms with Crippen LogP contribution in [0.4, 0.5) is 0 Å². The minimum atomic E-state index is -3.50. The Morgan fingerprint density at radius 1 is 1.19 bits per heavy atom. The van der Waals surface area contributed by atoms with Crippen LogP contribution >= 0.6 is 24.0 Å². The first-order chi connectivity index (χ1) is 12.0. The lowest BCUT2D eigenvalue weighted by molar-refractivity contribution is 0.114. The molecule has 1 aliphatic rings. The third-order valence-corrected chi connectivity index (χ3v) is 5.31. The highest BCUT2D eigenvalue weighted by molar-refractivity contribution is 14.0. The summed E-state index contributed by atoms with van der Waals surface area (Å²) in [5.74, 6) is 0.750. The van der Waals surface area contributed by atoms with E-state index in [2.05, 4.69) is 20.3 Å². The smallest absolute Gasteiger partial charge is 0.240 e. The summed E-state index contributed by atoms with van der Waals surface area (Å²) >= 11 is 0. The Morgan fingerprint density at radius 2 is 1.85 bits per heavy atom. The van der Waals surface area contributed by atoms with Gasteiger partial charge in [0.1, 0.15) is 0 Å². The molecule has 0 aromatic heterocycles. The van der Waals surface area contributed by atoms with E-state index in [1.807, 2.05) is 13.8 Å². The number of benzene rings is 1. The van der Waals surface area contributed by atoms with Crippen LogP contribution in [0, 0.1) is 0 Å². The molecule has 1 unspecified atom stereocenters. The average Bonchev–Trinajstić information content (AvgIpc) is 3.12. The predicted molar refractivity (Wildman–Crippen MR) is 115 cm³/mol. The molecule has 1 fully saturated rings. The van der Waals surface area contributed by atoms with E-state index in [1.54, 1.807) is 24.3 Å². The lowest BCUT2D eigenvalue weighted by Gasteiger charge is -2.12. The maximum atomic E-state index is 12.3. The number of sulfonamides is 1. The van der Waals surface area contributed by atoms with E-state index in [1.165, 1.54) is 0 Å². The Morgan fingerprint density at radius 3 is 2.38 bits per heavy atom. The van der Waals surface area contributed by atoms with E-state index in [9.17, 15) is 8.42 Å². The Balaban J connectivity index is 0.00000338. The van der Waals surface area contributed by atoms with Gasteiger partial charge in [-0.25, -0.2) is 18.1 Å². The first-order valence-corrected chi connectivity index (χ1v) is 10.3. The van der Waals surface area contributed by atoms with Gasteiger partial charge >= 0.3 is 0 Å².